The first-order valence-electron chi connectivity index (χ1n) is 8.32. The molecule has 0 aliphatic rings. The third-order valence-corrected chi connectivity index (χ3v) is 3.93. The SMILES string of the molecule is CCN(C(=O)NCc1cccc(NC(C)=O)c1)C(C)c1cccnc1. The van der Waals surface area contributed by atoms with E-state index in [1.165, 1.54) is 6.92 Å². The minimum Gasteiger partial charge on any atom is -0.334 e. The molecule has 132 valence electrons. The molecule has 0 saturated carbocycles. The van der Waals surface area contributed by atoms with E-state index in [-0.39, 0.29) is 18.0 Å². The van der Waals surface area contributed by atoms with E-state index in [1.807, 2.05) is 50.2 Å². The van der Waals surface area contributed by atoms with Crippen LogP contribution in [0, 0.1) is 0 Å². The first-order chi connectivity index (χ1) is 12.0. The number of aromatic nitrogens is 1. The zero-order chi connectivity index (χ0) is 18.2. The average molecular weight is 340 g/mol. The normalized spacial score (nSPS) is 11.5. The Morgan fingerprint density at radius 1 is 1.24 bits per heavy atom. The molecule has 1 heterocycles. The van der Waals surface area contributed by atoms with Crippen LogP contribution >= 0.6 is 0 Å². The van der Waals surface area contributed by atoms with Crippen molar-refractivity contribution in [2.24, 2.45) is 0 Å². The molecule has 1 aromatic carbocycles. The Bertz CT molecular complexity index is 718. The number of carbonyl (C=O) groups excluding carboxylic acids is 2. The molecule has 1 aromatic heterocycles. The van der Waals surface area contributed by atoms with Crippen LogP contribution in [-0.4, -0.2) is 28.4 Å². The minimum absolute atomic E-state index is 0.0654. The van der Waals surface area contributed by atoms with Gasteiger partial charge in [-0.2, -0.15) is 0 Å². The van der Waals surface area contributed by atoms with Gasteiger partial charge in [0, 0.05) is 38.1 Å². The molecule has 0 fully saturated rings. The van der Waals surface area contributed by atoms with E-state index in [4.69, 9.17) is 0 Å². The third-order valence-electron chi connectivity index (χ3n) is 3.93. The van der Waals surface area contributed by atoms with Gasteiger partial charge in [0.15, 0.2) is 0 Å². The summed E-state index contributed by atoms with van der Waals surface area (Å²) in [5.74, 6) is -0.122. The van der Waals surface area contributed by atoms with Gasteiger partial charge in [0.1, 0.15) is 0 Å². The molecule has 2 N–H and O–H groups in total. The molecule has 2 aromatic rings. The maximum absolute atomic E-state index is 12.5. The van der Waals surface area contributed by atoms with Crippen LogP contribution in [0.5, 0.6) is 0 Å². The molecule has 1 atom stereocenters. The monoisotopic (exact) mass is 340 g/mol. The topological polar surface area (TPSA) is 74.3 Å². The predicted octanol–water partition coefficient (Wildman–Crippen LogP) is 3.33. The van der Waals surface area contributed by atoms with Crippen molar-refractivity contribution >= 4 is 17.6 Å². The highest BCUT2D eigenvalue weighted by Gasteiger charge is 2.19. The van der Waals surface area contributed by atoms with Gasteiger partial charge in [0.05, 0.1) is 6.04 Å². The third kappa shape index (κ3) is 5.31. The highest BCUT2D eigenvalue weighted by molar-refractivity contribution is 5.88. The van der Waals surface area contributed by atoms with E-state index in [0.717, 1.165) is 16.8 Å². The Morgan fingerprint density at radius 2 is 2.04 bits per heavy atom. The molecule has 2 rings (SSSR count). The Morgan fingerprint density at radius 3 is 2.68 bits per heavy atom. The van der Waals surface area contributed by atoms with Crippen molar-refractivity contribution in [1.82, 2.24) is 15.2 Å². The smallest absolute Gasteiger partial charge is 0.318 e. The second kappa shape index (κ2) is 8.82. The second-order valence-corrected chi connectivity index (χ2v) is 5.79. The number of nitrogens with one attached hydrogen (secondary N) is 2. The maximum Gasteiger partial charge on any atom is 0.318 e. The van der Waals surface area contributed by atoms with Gasteiger partial charge in [-0.25, -0.2) is 4.79 Å². The van der Waals surface area contributed by atoms with Gasteiger partial charge in [-0.1, -0.05) is 18.2 Å². The van der Waals surface area contributed by atoms with E-state index in [0.29, 0.717) is 13.1 Å². The van der Waals surface area contributed by atoms with Crippen molar-refractivity contribution in [3.05, 3.63) is 59.9 Å². The molecule has 0 saturated heterocycles. The Kier molecular flexibility index (Phi) is 6.51. The number of anilines is 1. The van der Waals surface area contributed by atoms with Gasteiger partial charge >= 0.3 is 6.03 Å². The predicted molar refractivity (Wildman–Crippen MR) is 98.0 cm³/mol. The summed E-state index contributed by atoms with van der Waals surface area (Å²) >= 11 is 0. The fraction of sp³-hybridized carbons (Fsp3) is 0.316. The van der Waals surface area contributed by atoms with E-state index in [9.17, 15) is 9.59 Å². The molecule has 25 heavy (non-hydrogen) atoms. The second-order valence-electron chi connectivity index (χ2n) is 5.79. The van der Waals surface area contributed by atoms with Crippen molar-refractivity contribution < 1.29 is 9.59 Å². The van der Waals surface area contributed by atoms with Crippen molar-refractivity contribution in [3.8, 4) is 0 Å². The summed E-state index contributed by atoms with van der Waals surface area (Å²) in [5.41, 5.74) is 2.63. The largest absolute Gasteiger partial charge is 0.334 e. The molecule has 0 aliphatic carbocycles. The Labute approximate surface area is 148 Å². The molecule has 3 amide bonds. The van der Waals surface area contributed by atoms with Gasteiger partial charge < -0.3 is 15.5 Å². The summed E-state index contributed by atoms with van der Waals surface area (Å²) in [4.78, 5) is 29.6. The number of nitrogens with zero attached hydrogens (tertiary/aromatic N) is 2. The fourth-order valence-electron chi connectivity index (χ4n) is 2.64. The number of hydrogen-bond donors (Lipinski definition) is 2. The van der Waals surface area contributed by atoms with Gasteiger partial charge in [-0.05, 0) is 43.2 Å². The van der Waals surface area contributed by atoms with E-state index < -0.39 is 0 Å². The highest BCUT2D eigenvalue weighted by atomic mass is 16.2. The molecular formula is C19H24N4O2. The molecule has 6 heteroatoms. The standard InChI is InChI=1S/C19H24N4O2/c1-4-23(14(2)17-8-6-10-20-13-17)19(25)21-12-16-7-5-9-18(11-16)22-15(3)24/h5-11,13-14H,4,12H2,1-3H3,(H,21,25)(H,22,24). The van der Waals surface area contributed by atoms with Gasteiger partial charge in [0.25, 0.3) is 0 Å². The van der Waals surface area contributed by atoms with Crippen molar-refractivity contribution in [3.63, 3.8) is 0 Å². The summed E-state index contributed by atoms with van der Waals surface area (Å²) in [6, 6.07) is 11.1. The summed E-state index contributed by atoms with van der Waals surface area (Å²) in [5, 5.41) is 5.67. The van der Waals surface area contributed by atoms with Crippen LogP contribution in [0.4, 0.5) is 10.5 Å². The molecule has 0 spiro atoms. The highest BCUT2D eigenvalue weighted by Crippen LogP contribution is 2.19. The van der Waals surface area contributed by atoms with Crippen LogP contribution in [0.2, 0.25) is 0 Å². The van der Waals surface area contributed by atoms with Crippen LogP contribution < -0.4 is 10.6 Å². The van der Waals surface area contributed by atoms with Crippen molar-refractivity contribution in [2.45, 2.75) is 33.4 Å². The zero-order valence-corrected chi connectivity index (χ0v) is 14.8. The lowest BCUT2D eigenvalue weighted by Gasteiger charge is -2.28. The molecule has 1 unspecified atom stereocenters. The lowest BCUT2D eigenvalue weighted by Crippen LogP contribution is -2.41. The first kappa shape index (κ1) is 18.4. The van der Waals surface area contributed by atoms with Crippen LogP contribution in [0.25, 0.3) is 0 Å². The Balaban J connectivity index is 1.99. The first-order valence-corrected chi connectivity index (χ1v) is 8.32. The van der Waals surface area contributed by atoms with E-state index in [2.05, 4.69) is 15.6 Å². The van der Waals surface area contributed by atoms with Crippen LogP contribution in [-0.2, 0) is 11.3 Å². The summed E-state index contributed by atoms with van der Waals surface area (Å²) in [6.45, 7) is 6.38. The van der Waals surface area contributed by atoms with Crippen LogP contribution in [0.3, 0.4) is 0 Å². The van der Waals surface area contributed by atoms with Crippen molar-refractivity contribution in [1.29, 1.82) is 0 Å². The quantitative estimate of drug-likeness (QED) is 0.847. The molecule has 6 nitrogen and oxygen atoms in total. The summed E-state index contributed by atoms with van der Waals surface area (Å²) < 4.78 is 0. The number of benzene rings is 1. The lowest BCUT2D eigenvalue weighted by atomic mass is 10.1. The number of rotatable bonds is 6. The van der Waals surface area contributed by atoms with E-state index >= 15 is 0 Å². The van der Waals surface area contributed by atoms with Gasteiger partial charge in [-0.15, -0.1) is 0 Å². The summed E-state index contributed by atoms with van der Waals surface area (Å²) in [6.07, 6.45) is 3.49. The fourth-order valence-corrected chi connectivity index (χ4v) is 2.64. The average Bonchev–Trinajstić information content (AvgIpc) is 2.61. The van der Waals surface area contributed by atoms with E-state index in [1.54, 1.807) is 17.3 Å². The molecular weight excluding hydrogens is 316 g/mol. The van der Waals surface area contributed by atoms with Crippen molar-refractivity contribution in [2.75, 3.05) is 11.9 Å². The van der Waals surface area contributed by atoms with Crippen LogP contribution in [0.1, 0.15) is 37.9 Å². The maximum atomic E-state index is 12.5. The zero-order valence-electron chi connectivity index (χ0n) is 14.8. The molecule has 0 aliphatic heterocycles. The number of amides is 3. The number of carbonyl (C=O) groups is 2. The minimum atomic E-state index is -0.135. The number of pyridine rings is 1. The molecule has 0 bridgehead atoms. The van der Waals surface area contributed by atoms with Gasteiger partial charge in [-0.3, -0.25) is 9.78 Å². The summed E-state index contributed by atoms with van der Waals surface area (Å²) in [7, 11) is 0. The number of hydrogen-bond acceptors (Lipinski definition) is 3. The molecule has 0 radical (unpaired) electrons. The number of urea groups is 1. The van der Waals surface area contributed by atoms with Crippen LogP contribution in [0.15, 0.2) is 48.8 Å². The van der Waals surface area contributed by atoms with Gasteiger partial charge in [0.2, 0.25) is 5.91 Å². The Hall–Kier alpha value is -2.89. The lowest BCUT2D eigenvalue weighted by molar-refractivity contribution is -0.114.